The van der Waals surface area contributed by atoms with Gasteiger partial charge in [-0.3, -0.25) is 4.57 Å². The molecule has 0 radical (unpaired) electrons. The number of hydrogen-bond donors (Lipinski definition) is 1. The zero-order valence-electron chi connectivity index (χ0n) is 13.0. The monoisotopic (exact) mass is 289 g/mol. The number of anilines is 1. The molecule has 0 aromatic carbocycles. The molecular weight excluding hydrogens is 266 g/mol. The van der Waals surface area contributed by atoms with Crippen molar-refractivity contribution in [3.05, 3.63) is 30.1 Å². The molecule has 2 aromatic rings. The van der Waals surface area contributed by atoms with Crippen molar-refractivity contribution in [3.8, 4) is 5.82 Å². The van der Waals surface area contributed by atoms with Crippen LogP contribution in [0.25, 0.3) is 5.82 Å². The van der Waals surface area contributed by atoms with Gasteiger partial charge in [0.25, 0.3) is 0 Å². The summed E-state index contributed by atoms with van der Waals surface area (Å²) >= 11 is 0. The summed E-state index contributed by atoms with van der Waals surface area (Å²) < 4.78 is 7.18. The molecule has 0 aliphatic carbocycles. The molecular formula is C15H23N5O. The van der Waals surface area contributed by atoms with Gasteiger partial charge in [-0.05, 0) is 12.8 Å². The van der Waals surface area contributed by atoms with Crippen LogP contribution in [0.1, 0.15) is 38.3 Å². The maximum atomic E-state index is 5.16. The lowest BCUT2D eigenvalue weighted by molar-refractivity contribution is 0.178. The van der Waals surface area contributed by atoms with Crippen LogP contribution in [0.4, 0.5) is 5.82 Å². The SMILES string of the molecule is CCCNc1cc(-n2ccnc2CCC)nc(COC)n1. The predicted octanol–water partition coefficient (Wildman–Crippen LogP) is 2.58. The van der Waals surface area contributed by atoms with Crippen molar-refractivity contribution >= 4 is 5.82 Å². The van der Waals surface area contributed by atoms with Crippen LogP contribution < -0.4 is 5.32 Å². The smallest absolute Gasteiger partial charge is 0.158 e. The normalized spacial score (nSPS) is 10.8. The molecule has 0 unspecified atom stereocenters. The van der Waals surface area contributed by atoms with Crippen molar-refractivity contribution in [2.45, 2.75) is 39.7 Å². The maximum absolute atomic E-state index is 5.16. The van der Waals surface area contributed by atoms with Gasteiger partial charge in [-0.1, -0.05) is 13.8 Å². The lowest BCUT2D eigenvalue weighted by atomic mass is 10.3. The Morgan fingerprint density at radius 1 is 1.24 bits per heavy atom. The first kappa shape index (κ1) is 15.4. The molecule has 0 spiro atoms. The fourth-order valence-electron chi connectivity index (χ4n) is 2.10. The van der Waals surface area contributed by atoms with E-state index in [0.29, 0.717) is 12.4 Å². The Balaban J connectivity index is 2.36. The van der Waals surface area contributed by atoms with E-state index in [1.54, 1.807) is 7.11 Å². The van der Waals surface area contributed by atoms with Crippen molar-refractivity contribution in [1.29, 1.82) is 0 Å². The first-order valence-electron chi connectivity index (χ1n) is 7.41. The third kappa shape index (κ3) is 4.01. The van der Waals surface area contributed by atoms with E-state index in [0.717, 1.165) is 43.3 Å². The molecule has 6 nitrogen and oxygen atoms in total. The molecule has 2 aromatic heterocycles. The molecule has 6 heteroatoms. The Morgan fingerprint density at radius 3 is 2.81 bits per heavy atom. The summed E-state index contributed by atoms with van der Waals surface area (Å²) in [5, 5.41) is 3.31. The number of ether oxygens (including phenoxy) is 1. The van der Waals surface area contributed by atoms with E-state index >= 15 is 0 Å². The average Bonchev–Trinajstić information content (AvgIpc) is 2.94. The molecule has 0 aliphatic heterocycles. The average molecular weight is 289 g/mol. The van der Waals surface area contributed by atoms with Gasteiger partial charge in [-0.25, -0.2) is 15.0 Å². The summed E-state index contributed by atoms with van der Waals surface area (Å²) in [6.45, 7) is 5.55. The van der Waals surface area contributed by atoms with Crippen LogP contribution in [0.15, 0.2) is 18.5 Å². The summed E-state index contributed by atoms with van der Waals surface area (Å²) in [6.07, 6.45) is 6.77. The second-order valence-electron chi connectivity index (χ2n) is 4.85. The Bertz CT molecular complexity index is 567. The number of nitrogens with zero attached hydrogens (tertiary/aromatic N) is 4. The minimum atomic E-state index is 0.395. The van der Waals surface area contributed by atoms with Gasteiger partial charge in [0.2, 0.25) is 0 Å². The maximum Gasteiger partial charge on any atom is 0.158 e. The largest absolute Gasteiger partial charge is 0.377 e. The van der Waals surface area contributed by atoms with E-state index in [2.05, 4.69) is 34.1 Å². The van der Waals surface area contributed by atoms with Gasteiger partial charge in [-0.15, -0.1) is 0 Å². The molecule has 0 fully saturated rings. The molecule has 0 amide bonds. The Hall–Kier alpha value is -1.95. The van der Waals surface area contributed by atoms with Crippen LogP contribution >= 0.6 is 0 Å². The number of aromatic nitrogens is 4. The molecule has 21 heavy (non-hydrogen) atoms. The minimum Gasteiger partial charge on any atom is -0.377 e. The first-order chi connectivity index (χ1) is 10.3. The Labute approximate surface area is 125 Å². The van der Waals surface area contributed by atoms with Crippen molar-refractivity contribution in [3.63, 3.8) is 0 Å². The van der Waals surface area contributed by atoms with Crippen LogP contribution in [0, 0.1) is 0 Å². The standard InChI is InChI=1S/C15H23N5O/c1-4-6-14-17-8-9-20(14)15-10-12(16-7-5-2)18-13(19-15)11-21-3/h8-10H,4-7,11H2,1-3H3,(H,16,18,19). The first-order valence-corrected chi connectivity index (χ1v) is 7.41. The fraction of sp³-hybridized carbons (Fsp3) is 0.533. The zero-order chi connectivity index (χ0) is 15.1. The quantitative estimate of drug-likeness (QED) is 0.809. The number of aryl methyl sites for hydroxylation is 1. The summed E-state index contributed by atoms with van der Waals surface area (Å²) in [4.78, 5) is 13.4. The second-order valence-corrected chi connectivity index (χ2v) is 4.85. The number of imidazole rings is 1. The zero-order valence-corrected chi connectivity index (χ0v) is 13.0. The summed E-state index contributed by atoms with van der Waals surface area (Å²) in [5.74, 6) is 3.34. The van der Waals surface area contributed by atoms with Gasteiger partial charge in [0.15, 0.2) is 5.82 Å². The van der Waals surface area contributed by atoms with Gasteiger partial charge in [-0.2, -0.15) is 0 Å². The van der Waals surface area contributed by atoms with Gasteiger partial charge in [0.05, 0.1) is 0 Å². The van der Waals surface area contributed by atoms with Gasteiger partial charge in [0, 0.05) is 38.5 Å². The van der Waals surface area contributed by atoms with Gasteiger partial charge >= 0.3 is 0 Å². The lowest BCUT2D eigenvalue weighted by Gasteiger charge is -2.11. The van der Waals surface area contributed by atoms with Crippen LogP contribution in [-0.2, 0) is 17.8 Å². The van der Waals surface area contributed by atoms with Gasteiger partial charge in [0.1, 0.15) is 24.1 Å². The summed E-state index contributed by atoms with van der Waals surface area (Å²) in [7, 11) is 1.65. The van der Waals surface area contributed by atoms with Crippen LogP contribution in [0.2, 0.25) is 0 Å². The third-order valence-electron chi connectivity index (χ3n) is 3.03. The highest BCUT2D eigenvalue weighted by Crippen LogP contribution is 2.15. The molecule has 1 N–H and O–H groups in total. The molecule has 2 heterocycles. The van der Waals surface area contributed by atoms with E-state index in [9.17, 15) is 0 Å². The molecule has 0 saturated carbocycles. The molecule has 0 bridgehead atoms. The predicted molar refractivity (Wildman–Crippen MR) is 82.6 cm³/mol. The number of nitrogens with one attached hydrogen (secondary N) is 1. The van der Waals surface area contributed by atoms with E-state index in [4.69, 9.17) is 4.74 Å². The van der Waals surface area contributed by atoms with Crippen LogP contribution in [0.3, 0.4) is 0 Å². The molecule has 0 atom stereocenters. The van der Waals surface area contributed by atoms with Crippen molar-refractivity contribution in [1.82, 2.24) is 19.5 Å². The van der Waals surface area contributed by atoms with E-state index < -0.39 is 0 Å². The number of rotatable bonds is 8. The van der Waals surface area contributed by atoms with E-state index in [-0.39, 0.29) is 0 Å². The highest BCUT2D eigenvalue weighted by atomic mass is 16.5. The van der Waals surface area contributed by atoms with Crippen molar-refractivity contribution in [2.24, 2.45) is 0 Å². The fourth-order valence-corrected chi connectivity index (χ4v) is 2.10. The minimum absolute atomic E-state index is 0.395. The lowest BCUT2D eigenvalue weighted by Crippen LogP contribution is -2.10. The molecule has 0 aliphatic rings. The Morgan fingerprint density at radius 2 is 2.10 bits per heavy atom. The van der Waals surface area contributed by atoms with Crippen molar-refractivity contribution in [2.75, 3.05) is 19.0 Å². The number of hydrogen-bond acceptors (Lipinski definition) is 5. The van der Waals surface area contributed by atoms with Crippen LogP contribution in [0.5, 0.6) is 0 Å². The number of methoxy groups -OCH3 is 1. The second kappa shape index (κ2) is 7.73. The summed E-state index contributed by atoms with van der Waals surface area (Å²) in [5.41, 5.74) is 0. The topological polar surface area (TPSA) is 64.9 Å². The Kier molecular flexibility index (Phi) is 5.68. The van der Waals surface area contributed by atoms with Crippen LogP contribution in [-0.4, -0.2) is 33.2 Å². The highest BCUT2D eigenvalue weighted by molar-refractivity contribution is 5.42. The van der Waals surface area contributed by atoms with E-state index in [1.165, 1.54) is 0 Å². The third-order valence-corrected chi connectivity index (χ3v) is 3.03. The molecule has 2 rings (SSSR count). The van der Waals surface area contributed by atoms with Gasteiger partial charge < -0.3 is 10.1 Å². The highest BCUT2D eigenvalue weighted by Gasteiger charge is 2.09. The van der Waals surface area contributed by atoms with Crippen molar-refractivity contribution < 1.29 is 4.74 Å². The molecule has 114 valence electrons. The summed E-state index contributed by atoms with van der Waals surface area (Å²) in [6, 6.07) is 1.95. The molecule has 0 saturated heterocycles. The van der Waals surface area contributed by atoms with E-state index in [1.807, 2.05) is 23.0 Å².